The third kappa shape index (κ3) is 4.40. The second-order valence-electron chi connectivity index (χ2n) is 6.42. The van der Waals surface area contributed by atoms with E-state index >= 15 is 0 Å². The van der Waals surface area contributed by atoms with Gasteiger partial charge in [-0.3, -0.25) is 4.90 Å². The molecule has 26 heavy (non-hydrogen) atoms. The molecule has 1 saturated heterocycles. The Labute approximate surface area is 149 Å². The van der Waals surface area contributed by atoms with Gasteiger partial charge in [-0.05, 0) is 38.4 Å². The number of piperidine rings is 1. The number of halogens is 3. The van der Waals surface area contributed by atoms with Gasteiger partial charge < -0.3 is 11.1 Å². The van der Waals surface area contributed by atoms with Crippen molar-refractivity contribution in [2.75, 3.05) is 24.1 Å². The summed E-state index contributed by atoms with van der Waals surface area (Å²) in [7, 11) is 0. The maximum atomic E-state index is 13.1. The second-order valence-corrected chi connectivity index (χ2v) is 6.42. The van der Waals surface area contributed by atoms with Gasteiger partial charge in [-0.15, -0.1) is 0 Å². The van der Waals surface area contributed by atoms with Crippen molar-refractivity contribution in [2.24, 2.45) is 5.92 Å². The average molecular weight is 366 g/mol. The Balaban J connectivity index is 1.77. The maximum absolute atomic E-state index is 13.1. The summed E-state index contributed by atoms with van der Waals surface area (Å²) in [6.07, 6.45) is -3.53. The second kappa shape index (κ2) is 7.45. The van der Waals surface area contributed by atoms with Crippen LogP contribution in [0.2, 0.25) is 0 Å². The highest BCUT2D eigenvalue weighted by Gasteiger charge is 2.42. The van der Waals surface area contributed by atoms with Crippen molar-refractivity contribution >= 4 is 17.6 Å². The first kappa shape index (κ1) is 18.4. The van der Waals surface area contributed by atoms with E-state index in [9.17, 15) is 13.2 Å². The summed E-state index contributed by atoms with van der Waals surface area (Å²) in [4.78, 5) is 14.3. The van der Waals surface area contributed by atoms with Crippen LogP contribution in [-0.4, -0.2) is 39.1 Å². The molecule has 6 nitrogen and oxygen atoms in total. The van der Waals surface area contributed by atoms with Crippen molar-refractivity contribution in [3.8, 4) is 0 Å². The molecule has 0 bridgehead atoms. The van der Waals surface area contributed by atoms with E-state index < -0.39 is 12.1 Å². The predicted octanol–water partition coefficient (Wildman–Crippen LogP) is 3.53. The number of nitrogens with zero attached hydrogens (tertiary/aromatic N) is 4. The lowest BCUT2D eigenvalue weighted by atomic mass is 9.96. The lowest BCUT2D eigenvalue weighted by Crippen LogP contribution is -2.43. The lowest BCUT2D eigenvalue weighted by Gasteiger charge is -2.36. The zero-order valence-corrected chi connectivity index (χ0v) is 14.4. The van der Waals surface area contributed by atoms with E-state index in [1.54, 1.807) is 11.8 Å². The van der Waals surface area contributed by atoms with Gasteiger partial charge >= 0.3 is 6.18 Å². The lowest BCUT2D eigenvalue weighted by molar-refractivity contribution is -0.188. The molecule has 0 spiro atoms. The van der Waals surface area contributed by atoms with E-state index in [4.69, 9.17) is 5.73 Å². The van der Waals surface area contributed by atoms with Gasteiger partial charge in [0.05, 0.1) is 12.0 Å². The molecule has 3 rings (SSSR count). The van der Waals surface area contributed by atoms with Gasteiger partial charge in [-0.1, -0.05) is 18.2 Å². The monoisotopic (exact) mass is 366 g/mol. The Morgan fingerprint density at radius 3 is 2.62 bits per heavy atom. The normalized spacial score (nSPS) is 19.9. The standard InChI is InChI=1S/C17H21F3N6/c1-11(26-9-5-6-12(10-26)17(18,19)20)14-23-15(21)25-16(24-14)22-13-7-3-2-4-8-13/h2-4,7-8,11-12H,5-6,9-10H2,1H3,(H3,21,22,23,24,25)/t11-,12+/m0/s1. The Hall–Kier alpha value is -2.42. The number of nitrogen functional groups attached to an aromatic ring is 1. The van der Waals surface area contributed by atoms with Crippen LogP contribution in [0.4, 0.5) is 30.8 Å². The molecule has 1 fully saturated rings. The van der Waals surface area contributed by atoms with E-state index in [2.05, 4.69) is 20.3 Å². The highest BCUT2D eigenvalue weighted by Crippen LogP contribution is 2.35. The number of anilines is 3. The fourth-order valence-corrected chi connectivity index (χ4v) is 3.09. The largest absolute Gasteiger partial charge is 0.393 e. The Bertz CT molecular complexity index is 737. The molecule has 140 valence electrons. The van der Waals surface area contributed by atoms with Crippen molar-refractivity contribution < 1.29 is 13.2 Å². The zero-order chi connectivity index (χ0) is 18.7. The van der Waals surface area contributed by atoms with E-state index in [1.807, 2.05) is 30.3 Å². The van der Waals surface area contributed by atoms with Crippen LogP contribution >= 0.6 is 0 Å². The molecule has 0 radical (unpaired) electrons. The molecule has 2 heterocycles. The first-order valence-corrected chi connectivity index (χ1v) is 8.47. The summed E-state index contributed by atoms with van der Waals surface area (Å²) in [6.45, 7) is 2.30. The van der Waals surface area contributed by atoms with Gasteiger partial charge in [0, 0.05) is 12.2 Å². The molecule has 1 aromatic carbocycles. The fourth-order valence-electron chi connectivity index (χ4n) is 3.09. The van der Waals surface area contributed by atoms with Crippen molar-refractivity contribution in [3.63, 3.8) is 0 Å². The molecule has 3 N–H and O–H groups in total. The summed E-state index contributed by atoms with van der Waals surface area (Å²) < 4.78 is 39.2. The molecule has 0 unspecified atom stereocenters. The van der Waals surface area contributed by atoms with Crippen LogP contribution in [-0.2, 0) is 0 Å². The number of alkyl halides is 3. The highest BCUT2D eigenvalue weighted by molar-refractivity contribution is 5.53. The molecule has 2 aromatic rings. The topological polar surface area (TPSA) is 80.0 Å². The van der Waals surface area contributed by atoms with Gasteiger partial charge in [-0.25, -0.2) is 0 Å². The number of aromatic nitrogens is 3. The third-order valence-corrected chi connectivity index (χ3v) is 4.54. The smallest absolute Gasteiger partial charge is 0.368 e. The van der Waals surface area contributed by atoms with Gasteiger partial charge in [0.15, 0.2) is 5.82 Å². The summed E-state index contributed by atoms with van der Waals surface area (Å²) >= 11 is 0. The number of benzene rings is 1. The minimum Gasteiger partial charge on any atom is -0.368 e. The van der Waals surface area contributed by atoms with Crippen LogP contribution in [0, 0.1) is 5.92 Å². The van der Waals surface area contributed by atoms with E-state index in [-0.39, 0.29) is 30.9 Å². The minimum atomic E-state index is -4.18. The van der Waals surface area contributed by atoms with Crippen LogP contribution in [0.1, 0.15) is 31.6 Å². The number of nitrogens with two attached hydrogens (primary N) is 1. The van der Waals surface area contributed by atoms with Crippen molar-refractivity contribution in [1.82, 2.24) is 19.9 Å². The fraction of sp³-hybridized carbons (Fsp3) is 0.471. The summed E-state index contributed by atoms with van der Waals surface area (Å²) in [6, 6.07) is 8.92. The van der Waals surface area contributed by atoms with Crippen LogP contribution in [0.15, 0.2) is 30.3 Å². The molecule has 9 heteroatoms. The highest BCUT2D eigenvalue weighted by atomic mass is 19.4. The predicted molar refractivity (Wildman–Crippen MR) is 92.7 cm³/mol. The molecule has 1 aliphatic heterocycles. The van der Waals surface area contributed by atoms with Crippen molar-refractivity contribution in [3.05, 3.63) is 36.2 Å². The van der Waals surface area contributed by atoms with Crippen LogP contribution in [0.3, 0.4) is 0 Å². The summed E-state index contributed by atoms with van der Waals surface area (Å²) in [5, 5.41) is 3.04. The van der Waals surface area contributed by atoms with Crippen LogP contribution in [0.25, 0.3) is 0 Å². The number of likely N-dealkylation sites (tertiary alicyclic amines) is 1. The van der Waals surface area contributed by atoms with Gasteiger partial charge in [0.25, 0.3) is 0 Å². The molecular formula is C17H21F3N6. The SMILES string of the molecule is C[C@@H](c1nc(N)nc(Nc2ccccc2)n1)N1CCC[C@@H](C(F)(F)F)C1. The van der Waals surface area contributed by atoms with E-state index in [1.165, 1.54) is 0 Å². The maximum Gasteiger partial charge on any atom is 0.393 e. The first-order valence-electron chi connectivity index (χ1n) is 8.47. The van der Waals surface area contributed by atoms with Gasteiger partial charge in [-0.2, -0.15) is 28.1 Å². The first-order chi connectivity index (χ1) is 12.3. The Morgan fingerprint density at radius 2 is 1.92 bits per heavy atom. The van der Waals surface area contributed by atoms with Crippen molar-refractivity contribution in [1.29, 1.82) is 0 Å². The Kier molecular flexibility index (Phi) is 5.26. The number of para-hydroxylation sites is 1. The van der Waals surface area contributed by atoms with Crippen LogP contribution in [0.5, 0.6) is 0 Å². The number of hydrogen-bond acceptors (Lipinski definition) is 6. The van der Waals surface area contributed by atoms with Gasteiger partial charge in [0.1, 0.15) is 0 Å². The molecular weight excluding hydrogens is 345 g/mol. The van der Waals surface area contributed by atoms with Gasteiger partial charge in [0.2, 0.25) is 11.9 Å². The van der Waals surface area contributed by atoms with Crippen LogP contribution < -0.4 is 11.1 Å². The molecule has 0 saturated carbocycles. The summed E-state index contributed by atoms with van der Waals surface area (Å²) in [5.41, 5.74) is 6.56. The molecule has 0 aliphatic carbocycles. The minimum absolute atomic E-state index is 0.0321. The average Bonchev–Trinajstić information content (AvgIpc) is 2.61. The van der Waals surface area contributed by atoms with E-state index in [0.717, 1.165) is 5.69 Å². The number of hydrogen-bond donors (Lipinski definition) is 2. The Morgan fingerprint density at radius 1 is 1.19 bits per heavy atom. The number of nitrogens with one attached hydrogen (secondary N) is 1. The summed E-state index contributed by atoms with van der Waals surface area (Å²) in [5.74, 6) is -0.654. The molecule has 1 aromatic heterocycles. The third-order valence-electron chi connectivity index (χ3n) is 4.54. The molecule has 2 atom stereocenters. The number of rotatable bonds is 4. The molecule has 0 amide bonds. The van der Waals surface area contributed by atoms with E-state index in [0.29, 0.717) is 18.8 Å². The van der Waals surface area contributed by atoms with Crippen molar-refractivity contribution in [2.45, 2.75) is 32.0 Å². The molecule has 1 aliphatic rings. The zero-order valence-electron chi connectivity index (χ0n) is 14.4. The quantitative estimate of drug-likeness (QED) is 0.862.